The van der Waals surface area contributed by atoms with E-state index in [0.29, 0.717) is 46.0 Å². The molecule has 7 heteroatoms. The standard InChI is InChI=1S/C19H25N3O3S/c1-3-25-17-6-4-15(5-7-17)19-20-16(14-26-19)12-21(2)13-18(23)22-8-10-24-11-9-22/h4-7,14H,3,8-13H2,1-2H3. The van der Waals surface area contributed by atoms with Gasteiger partial charge >= 0.3 is 0 Å². The summed E-state index contributed by atoms with van der Waals surface area (Å²) in [5, 5.41) is 3.04. The lowest BCUT2D eigenvalue weighted by molar-refractivity contribution is -0.136. The quantitative estimate of drug-likeness (QED) is 0.744. The first-order valence-electron chi connectivity index (χ1n) is 8.87. The summed E-state index contributed by atoms with van der Waals surface area (Å²) in [6, 6.07) is 7.98. The normalized spacial score (nSPS) is 14.7. The van der Waals surface area contributed by atoms with Crippen molar-refractivity contribution in [3.8, 4) is 16.3 Å². The number of carbonyl (C=O) groups excluding carboxylic acids is 1. The molecule has 0 atom stereocenters. The molecule has 1 saturated heterocycles. The van der Waals surface area contributed by atoms with E-state index in [1.54, 1.807) is 11.3 Å². The van der Waals surface area contributed by atoms with Gasteiger partial charge < -0.3 is 14.4 Å². The molecule has 1 aromatic carbocycles. The number of benzene rings is 1. The molecule has 0 N–H and O–H groups in total. The summed E-state index contributed by atoms with van der Waals surface area (Å²) in [7, 11) is 1.95. The fourth-order valence-electron chi connectivity index (χ4n) is 2.85. The van der Waals surface area contributed by atoms with Crippen LogP contribution in [0.1, 0.15) is 12.6 Å². The van der Waals surface area contributed by atoms with Crippen LogP contribution in [0.25, 0.3) is 10.6 Å². The molecule has 1 aromatic heterocycles. The minimum atomic E-state index is 0.151. The van der Waals surface area contributed by atoms with E-state index < -0.39 is 0 Å². The van der Waals surface area contributed by atoms with Crippen LogP contribution in [0, 0.1) is 0 Å². The van der Waals surface area contributed by atoms with Gasteiger partial charge in [0, 0.05) is 30.6 Å². The number of likely N-dealkylation sites (N-methyl/N-ethyl adjacent to an activating group) is 1. The highest BCUT2D eigenvalue weighted by Crippen LogP contribution is 2.26. The molecule has 1 aliphatic rings. The molecule has 3 rings (SSSR count). The third-order valence-corrected chi connectivity index (χ3v) is 5.11. The summed E-state index contributed by atoms with van der Waals surface area (Å²) >= 11 is 1.62. The SMILES string of the molecule is CCOc1ccc(-c2nc(CN(C)CC(=O)N3CCOCC3)cs2)cc1. The number of carbonyl (C=O) groups is 1. The van der Waals surface area contributed by atoms with E-state index in [9.17, 15) is 4.79 Å². The molecule has 0 unspecified atom stereocenters. The second kappa shape index (κ2) is 9.12. The smallest absolute Gasteiger partial charge is 0.236 e. The fourth-order valence-corrected chi connectivity index (χ4v) is 3.67. The predicted octanol–water partition coefficient (Wildman–Crippen LogP) is 2.50. The van der Waals surface area contributed by atoms with Gasteiger partial charge in [-0.25, -0.2) is 4.98 Å². The highest BCUT2D eigenvalue weighted by atomic mass is 32.1. The molecule has 0 saturated carbocycles. The van der Waals surface area contributed by atoms with Crippen LogP contribution in [0.5, 0.6) is 5.75 Å². The van der Waals surface area contributed by atoms with Gasteiger partial charge in [0.2, 0.25) is 5.91 Å². The lowest BCUT2D eigenvalue weighted by Crippen LogP contribution is -2.44. The molecule has 0 radical (unpaired) electrons. The van der Waals surface area contributed by atoms with Crippen LogP contribution >= 0.6 is 11.3 Å². The summed E-state index contributed by atoms with van der Waals surface area (Å²) in [5.41, 5.74) is 2.06. The highest BCUT2D eigenvalue weighted by molar-refractivity contribution is 7.13. The molecular weight excluding hydrogens is 350 g/mol. The first kappa shape index (κ1) is 18.8. The monoisotopic (exact) mass is 375 g/mol. The van der Waals surface area contributed by atoms with Crippen molar-refractivity contribution in [2.24, 2.45) is 0 Å². The van der Waals surface area contributed by atoms with Gasteiger partial charge in [-0.1, -0.05) is 0 Å². The Hall–Kier alpha value is -1.96. The zero-order valence-corrected chi connectivity index (χ0v) is 16.1. The first-order chi connectivity index (χ1) is 12.7. The van der Waals surface area contributed by atoms with E-state index in [0.717, 1.165) is 22.0 Å². The average molecular weight is 375 g/mol. The zero-order valence-electron chi connectivity index (χ0n) is 15.3. The van der Waals surface area contributed by atoms with E-state index in [2.05, 4.69) is 5.38 Å². The summed E-state index contributed by atoms with van der Waals surface area (Å²) < 4.78 is 10.8. The lowest BCUT2D eigenvalue weighted by atomic mass is 10.2. The third kappa shape index (κ3) is 5.03. The number of amides is 1. The van der Waals surface area contributed by atoms with Crippen LogP contribution in [-0.2, 0) is 16.1 Å². The van der Waals surface area contributed by atoms with Crippen molar-refractivity contribution in [1.82, 2.24) is 14.8 Å². The Morgan fingerprint density at radius 3 is 2.73 bits per heavy atom. The number of hydrogen-bond donors (Lipinski definition) is 0. The van der Waals surface area contributed by atoms with Gasteiger partial charge in [-0.3, -0.25) is 9.69 Å². The Morgan fingerprint density at radius 1 is 1.31 bits per heavy atom. The maximum absolute atomic E-state index is 12.3. The van der Waals surface area contributed by atoms with Crippen LogP contribution < -0.4 is 4.74 Å². The number of nitrogens with zero attached hydrogens (tertiary/aromatic N) is 3. The number of rotatable bonds is 7. The van der Waals surface area contributed by atoms with Crippen molar-refractivity contribution in [3.63, 3.8) is 0 Å². The summed E-state index contributed by atoms with van der Waals surface area (Å²) in [6.45, 7) is 6.33. The van der Waals surface area contributed by atoms with E-state index in [-0.39, 0.29) is 5.91 Å². The molecule has 1 fully saturated rings. The summed E-state index contributed by atoms with van der Waals surface area (Å²) in [5.74, 6) is 1.02. The van der Waals surface area contributed by atoms with E-state index in [1.165, 1.54) is 0 Å². The van der Waals surface area contributed by atoms with Crippen molar-refractivity contribution in [2.75, 3.05) is 46.5 Å². The number of morpholine rings is 1. The Kier molecular flexibility index (Phi) is 6.60. The Labute approximate surface area is 158 Å². The van der Waals surface area contributed by atoms with Gasteiger partial charge in [0.05, 0.1) is 32.1 Å². The molecule has 1 amide bonds. The van der Waals surface area contributed by atoms with Crippen LogP contribution in [0.15, 0.2) is 29.6 Å². The first-order valence-corrected chi connectivity index (χ1v) is 9.75. The van der Waals surface area contributed by atoms with Gasteiger partial charge in [0.15, 0.2) is 0 Å². The topological polar surface area (TPSA) is 54.9 Å². The lowest BCUT2D eigenvalue weighted by Gasteiger charge is -2.28. The molecule has 0 spiro atoms. The number of thiazole rings is 1. The number of hydrogen-bond acceptors (Lipinski definition) is 6. The molecule has 0 bridgehead atoms. The van der Waals surface area contributed by atoms with Gasteiger partial charge in [-0.15, -0.1) is 11.3 Å². The van der Waals surface area contributed by atoms with Gasteiger partial charge in [0.1, 0.15) is 10.8 Å². The molecular formula is C19H25N3O3S. The molecule has 0 aliphatic carbocycles. The van der Waals surface area contributed by atoms with Crippen LogP contribution in [0.2, 0.25) is 0 Å². The van der Waals surface area contributed by atoms with Crippen molar-refractivity contribution in [2.45, 2.75) is 13.5 Å². The van der Waals surface area contributed by atoms with Gasteiger partial charge in [0.25, 0.3) is 0 Å². The van der Waals surface area contributed by atoms with E-state index in [1.807, 2.05) is 48.0 Å². The fraction of sp³-hybridized carbons (Fsp3) is 0.474. The molecule has 6 nitrogen and oxygen atoms in total. The van der Waals surface area contributed by atoms with Crippen LogP contribution in [0.4, 0.5) is 0 Å². The predicted molar refractivity (Wildman–Crippen MR) is 102 cm³/mol. The molecule has 2 heterocycles. The van der Waals surface area contributed by atoms with Crippen molar-refractivity contribution in [3.05, 3.63) is 35.3 Å². The maximum Gasteiger partial charge on any atom is 0.236 e. The molecule has 26 heavy (non-hydrogen) atoms. The molecule has 2 aromatic rings. The van der Waals surface area contributed by atoms with Gasteiger partial charge in [-0.05, 0) is 38.2 Å². The third-order valence-electron chi connectivity index (χ3n) is 4.16. The number of aromatic nitrogens is 1. The maximum atomic E-state index is 12.3. The second-order valence-corrected chi connectivity index (χ2v) is 7.12. The highest BCUT2D eigenvalue weighted by Gasteiger charge is 2.18. The van der Waals surface area contributed by atoms with E-state index >= 15 is 0 Å². The van der Waals surface area contributed by atoms with Crippen molar-refractivity contribution < 1.29 is 14.3 Å². The minimum absolute atomic E-state index is 0.151. The number of ether oxygens (including phenoxy) is 2. The zero-order chi connectivity index (χ0) is 18.4. The summed E-state index contributed by atoms with van der Waals surface area (Å²) in [4.78, 5) is 20.9. The average Bonchev–Trinajstić information content (AvgIpc) is 3.11. The molecule has 140 valence electrons. The Bertz CT molecular complexity index is 711. The summed E-state index contributed by atoms with van der Waals surface area (Å²) in [6.07, 6.45) is 0. The van der Waals surface area contributed by atoms with Gasteiger partial charge in [-0.2, -0.15) is 0 Å². The van der Waals surface area contributed by atoms with Crippen LogP contribution in [-0.4, -0.2) is 67.2 Å². The van der Waals surface area contributed by atoms with Crippen LogP contribution in [0.3, 0.4) is 0 Å². The second-order valence-electron chi connectivity index (χ2n) is 6.27. The molecule has 1 aliphatic heterocycles. The van der Waals surface area contributed by atoms with Crippen molar-refractivity contribution >= 4 is 17.2 Å². The van der Waals surface area contributed by atoms with E-state index in [4.69, 9.17) is 14.5 Å². The van der Waals surface area contributed by atoms with Crippen molar-refractivity contribution in [1.29, 1.82) is 0 Å². The Balaban J connectivity index is 1.54. The largest absolute Gasteiger partial charge is 0.494 e. The minimum Gasteiger partial charge on any atom is -0.494 e. The Morgan fingerprint density at radius 2 is 2.04 bits per heavy atom.